The predicted molar refractivity (Wildman–Crippen MR) is 93.5 cm³/mol. The quantitative estimate of drug-likeness (QED) is 0.832. The zero-order valence-corrected chi connectivity index (χ0v) is 14.3. The maximum atomic E-state index is 12.7. The smallest absolute Gasteiger partial charge is 0.270 e. The van der Waals surface area contributed by atoms with Gasteiger partial charge in [-0.05, 0) is 37.7 Å². The summed E-state index contributed by atoms with van der Waals surface area (Å²) in [5, 5.41) is 6.42. The number of carbonyl (C=O) groups is 2. The van der Waals surface area contributed by atoms with Crippen molar-refractivity contribution in [3.63, 3.8) is 0 Å². The molecule has 1 fully saturated rings. The molecule has 1 saturated heterocycles. The Bertz CT molecular complexity index is 729. The number of benzene rings is 1. The van der Waals surface area contributed by atoms with Gasteiger partial charge in [-0.25, -0.2) is 4.98 Å². The number of para-hydroxylation sites is 1. The molecule has 2 N–H and O–H groups in total. The molecule has 0 bridgehead atoms. The van der Waals surface area contributed by atoms with Crippen LogP contribution in [-0.2, 0) is 4.79 Å². The lowest BCUT2D eigenvalue weighted by molar-refractivity contribution is -0.122. The van der Waals surface area contributed by atoms with Crippen molar-refractivity contribution < 1.29 is 9.59 Å². The molecule has 6 nitrogen and oxygen atoms in total. The van der Waals surface area contributed by atoms with E-state index in [0.29, 0.717) is 18.7 Å². The summed E-state index contributed by atoms with van der Waals surface area (Å²) in [6, 6.07) is 9.12. The Labute approximate surface area is 145 Å². The number of hydrogen-bond acceptors (Lipinski definition) is 4. The van der Waals surface area contributed by atoms with Gasteiger partial charge in [-0.3, -0.25) is 14.2 Å². The van der Waals surface area contributed by atoms with Gasteiger partial charge in [0.1, 0.15) is 11.7 Å². The molecule has 1 aliphatic heterocycles. The summed E-state index contributed by atoms with van der Waals surface area (Å²) in [6.45, 7) is 0.670. The molecule has 2 heterocycles. The average molecular weight is 344 g/mol. The molecule has 0 radical (unpaired) electrons. The monoisotopic (exact) mass is 344 g/mol. The normalized spacial score (nSPS) is 17.9. The highest BCUT2D eigenvalue weighted by molar-refractivity contribution is 7.98. The molecule has 126 valence electrons. The first kappa shape index (κ1) is 16.6. The van der Waals surface area contributed by atoms with Crippen LogP contribution in [0.4, 0.5) is 0 Å². The minimum Gasteiger partial charge on any atom is -0.354 e. The molecule has 0 aliphatic carbocycles. The number of nitrogens with one attached hydrogen (secondary N) is 2. The molecule has 2 amide bonds. The topological polar surface area (TPSA) is 76.0 Å². The summed E-state index contributed by atoms with van der Waals surface area (Å²) in [5.41, 5.74) is 1.30. The van der Waals surface area contributed by atoms with Crippen molar-refractivity contribution in [2.45, 2.75) is 30.5 Å². The molecule has 1 atom stereocenters. The molecule has 1 aliphatic rings. The third-order valence-corrected chi connectivity index (χ3v) is 4.65. The predicted octanol–water partition coefficient (Wildman–Crippen LogP) is 1.99. The molecule has 1 aromatic carbocycles. The lowest BCUT2D eigenvalue weighted by Gasteiger charge is -2.16. The molecule has 24 heavy (non-hydrogen) atoms. The highest BCUT2D eigenvalue weighted by Crippen LogP contribution is 2.21. The summed E-state index contributed by atoms with van der Waals surface area (Å²) >= 11 is 1.47. The van der Waals surface area contributed by atoms with Gasteiger partial charge in [0.25, 0.3) is 5.91 Å². The minimum absolute atomic E-state index is 0.114. The first-order chi connectivity index (χ1) is 11.7. The van der Waals surface area contributed by atoms with Gasteiger partial charge in [0.05, 0.1) is 6.20 Å². The van der Waals surface area contributed by atoms with E-state index in [1.54, 1.807) is 6.20 Å². The minimum atomic E-state index is -0.489. The average Bonchev–Trinajstić information content (AvgIpc) is 2.95. The third kappa shape index (κ3) is 3.46. The summed E-state index contributed by atoms with van der Waals surface area (Å²) in [5.74, 6) is -0.398. The summed E-state index contributed by atoms with van der Waals surface area (Å²) in [7, 11) is 0. The molecule has 3 rings (SSSR count). The van der Waals surface area contributed by atoms with E-state index in [1.807, 2.05) is 41.2 Å². The molecule has 2 aromatic rings. The van der Waals surface area contributed by atoms with E-state index in [9.17, 15) is 9.59 Å². The van der Waals surface area contributed by atoms with Crippen LogP contribution < -0.4 is 10.6 Å². The van der Waals surface area contributed by atoms with Crippen LogP contribution in [0.5, 0.6) is 0 Å². The lowest BCUT2D eigenvalue weighted by Crippen LogP contribution is -2.45. The van der Waals surface area contributed by atoms with Gasteiger partial charge in [0.15, 0.2) is 5.16 Å². The number of aromatic nitrogens is 2. The largest absolute Gasteiger partial charge is 0.354 e. The second-order valence-electron chi connectivity index (χ2n) is 5.61. The number of rotatable bonds is 4. The van der Waals surface area contributed by atoms with Crippen LogP contribution >= 0.6 is 11.8 Å². The van der Waals surface area contributed by atoms with Crippen LogP contribution in [0, 0.1) is 0 Å². The lowest BCUT2D eigenvalue weighted by atomic mass is 10.1. The van der Waals surface area contributed by atoms with Gasteiger partial charge < -0.3 is 10.6 Å². The first-order valence-corrected chi connectivity index (χ1v) is 9.19. The number of amides is 2. The zero-order valence-electron chi connectivity index (χ0n) is 13.5. The number of carbonyl (C=O) groups excluding carboxylic acids is 2. The Morgan fingerprint density at radius 3 is 2.88 bits per heavy atom. The van der Waals surface area contributed by atoms with Crippen LogP contribution in [0.25, 0.3) is 5.69 Å². The molecule has 1 unspecified atom stereocenters. The molecular formula is C17H20N4O2S. The Hall–Kier alpha value is -2.28. The van der Waals surface area contributed by atoms with Gasteiger partial charge in [0, 0.05) is 12.2 Å². The fraction of sp³-hybridized carbons (Fsp3) is 0.353. The van der Waals surface area contributed by atoms with Gasteiger partial charge >= 0.3 is 0 Å². The van der Waals surface area contributed by atoms with E-state index in [4.69, 9.17) is 0 Å². The van der Waals surface area contributed by atoms with E-state index in [1.165, 1.54) is 11.8 Å². The van der Waals surface area contributed by atoms with Gasteiger partial charge in [-0.1, -0.05) is 30.0 Å². The summed E-state index contributed by atoms with van der Waals surface area (Å²) in [6.07, 6.45) is 5.99. The van der Waals surface area contributed by atoms with E-state index >= 15 is 0 Å². The van der Waals surface area contributed by atoms with Crippen molar-refractivity contribution in [1.29, 1.82) is 0 Å². The van der Waals surface area contributed by atoms with Crippen molar-refractivity contribution >= 4 is 23.6 Å². The van der Waals surface area contributed by atoms with Crippen LogP contribution in [0.1, 0.15) is 29.8 Å². The second kappa shape index (κ2) is 7.53. The second-order valence-corrected chi connectivity index (χ2v) is 6.39. The maximum Gasteiger partial charge on any atom is 0.270 e. The molecular weight excluding hydrogens is 324 g/mol. The van der Waals surface area contributed by atoms with Gasteiger partial charge in [-0.15, -0.1) is 0 Å². The van der Waals surface area contributed by atoms with Crippen LogP contribution in [0.15, 0.2) is 41.7 Å². The molecule has 7 heteroatoms. The highest BCUT2D eigenvalue weighted by atomic mass is 32.2. The third-order valence-electron chi connectivity index (χ3n) is 4.00. The van der Waals surface area contributed by atoms with Gasteiger partial charge in [0.2, 0.25) is 5.91 Å². The van der Waals surface area contributed by atoms with Crippen LogP contribution in [0.3, 0.4) is 0 Å². The van der Waals surface area contributed by atoms with Gasteiger partial charge in [-0.2, -0.15) is 0 Å². The number of nitrogens with zero attached hydrogens (tertiary/aromatic N) is 2. The fourth-order valence-corrected chi connectivity index (χ4v) is 3.32. The molecule has 0 spiro atoms. The Balaban J connectivity index is 1.87. The van der Waals surface area contributed by atoms with Crippen molar-refractivity contribution in [2.75, 3.05) is 12.8 Å². The van der Waals surface area contributed by atoms with Crippen molar-refractivity contribution in [1.82, 2.24) is 20.2 Å². The Kier molecular flexibility index (Phi) is 5.20. The van der Waals surface area contributed by atoms with E-state index in [-0.39, 0.29) is 11.8 Å². The van der Waals surface area contributed by atoms with E-state index < -0.39 is 6.04 Å². The SMILES string of the molecule is CSc1ncc(C(=O)NC2CCCCNC2=O)n1-c1ccccc1. The molecule has 1 aromatic heterocycles. The summed E-state index contributed by atoms with van der Waals surface area (Å²) in [4.78, 5) is 29.1. The number of hydrogen-bond donors (Lipinski definition) is 2. The van der Waals surface area contributed by atoms with Crippen molar-refractivity contribution in [2.24, 2.45) is 0 Å². The summed E-state index contributed by atoms with van der Waals surface area (Å²) < 4.78 is 1.81. The fourth-order valence-electron chi connectivity index (χ4n) is 2.77. The number of imidazole rings is 1. The van der Waals surface area contributed by atoms with Crippen molar-refractivity contribution in [3.8, 4) is 5.69 Å². The Morgan fingerprint density at radius 1 is 1.33 bits per heavy atom. The van der Waals surface area contributed by atoms with E-state index in [0.717, 1.165) is 23.7 Å². The maximum absolute atomic E-state index is 12.7. The number of thioether (sulfide) groups is 1. The van der Waals surface area contributed by atoms with Crippen molar-refractivity contribution in [3.05, 3.63) is 42.2 Å². The van der Waals surface area contributed by atoms with Crippen LogP contribution in [-0.4, -0.2) is 40.2 Å². The highest BCUT2D eigenvalue weighted by Gasteiger charge is 2.25. The first-order valence-electron chi connectivity index (χ1n) is 7.96. The standard InChI is InChI=1S/C17H20N4O2S/c1-24-17-19-11-14(21(17)12-7-3-2-4-8-12)16(23)20-13-9-5-6-10-18-15(13)22/h2-4,7-8,11,13H,5-6,9-10H2,1H3,(H,18,22)(H,20,23). The molecule has 0 saturated carbocycles. The zero-order chi connectivity index (χ0) is 16.9. The Morgan fingerprint density at radius 2 is 2.12 bits per heavy atom. The van der Waals surface area contributed by atoms with E-state index in [2.05, 4.69) is 15.6 Å². The van der Waals surface area contributed by atoms with Crippen LogP contribution in [0.2, 0.25) is 0 Å².